The van der Waals surface area contributed by atoms with Crippen molar-refractivity contribution in [2.24, 2.45) is 0 Å². The first-order valence-corrected chi connectivity index (χ1v) is 7.34. The fraction of sp³-hybridized carbons (Fsp3) is 0.167. The highest BCUT2D eigenvalue weighted by atomic mass is 16.4. The van der Waals surface area contributed by atoms with E-state index < -0.39 is 5.97 Å². The molecule has 0 aliphatic carbocycles. The monoisotopic (exact) mass is 307 g/mol. The number of hydrogen-bond acceptors (Lipinski definition) is 3. The van der Waals surface area contributed by atoms with Crippen LogP contribution in [0, 0.1) is 13.8 Å². The molecule has 1 aromatic heterocycles. The third-order valence-electron chi connectivity index (χ3n) is 3.81. The van der Waals surface area contributed by atoms with Crippen molar-refractivity contribution in [1.82, 2.24) is 15.0 Å². The standard InChI is InChI=1S/C18H17N3O2/c1-12-6-5-9-14(10-12)17-16(18(22)23)19-20-21(17)11-15-8-4-3-7-13(15)2/h3-10H,11H2,1-2H3,(H,22,23). The maximum atomic E-state index is 11.5. The molecule has 3 aromatic rings. The first kappa shape index (κ1) is 15.0. The summed E-state index contributed by atoms with van der Waals surface area (Å²) in [5, 5.41) is 17.3. The van der Waals surface area contributed by atoms with Gasteiger partial charge in [-0.05, 0) is 31.0 Å². The molecule has 0 saturated heterocycles. The highest BCUT2D eigenvalue weighted by molar-refractivity contribution is 5.92. The predicted octanol–water partition coefficient (Wildman–Crippen LogP) is 3.31. The molecule has 0 aliphatic rings. The Balaban J connectivity index is 2.11. The summed E-state index contributed by atoms with van der Waals surface area (Å²) in [5.41, 5.74) is 4.59. The van der Waals surface area contributed by atoms with E-state index in [-0.39, 0.29) is 5.69 Å². The number of benzene rings is 2. The van der Waals surface area contributed by atoms with E-state index in [0.717, 1.165) is 22.3 Å². The number of nitrogens with zero attached hydrogens (tertiary/aromatic N) is 3. The molecule has 1 heterocycles. The number of aromatic carboxylic acids is 1. The Hall–Kier alpha value is -2.95. The number of rotatable bonds is 4. The number of carboxylic acid groups (broad SMARTS) is 1. The Labute approximate surface area is 134 Å². The fourth-order valence-electron chi connectivity index (χ4n) is 2.59. The van der Waals surface area contributed by atoms with Crippen molar-refractivity contribution < 1.29 is 9.90 Å². The minimum atomic E-state index is -1.07. The van der Waals surface area contributed by atoms with Gasteiger partial charge in [-0.25, -0.2) is 9.48 Å². The largest absolute Gasteiger partial charge is 0.476 e. The third kappa shape index (κ3) is 2.99. The maximum absolute atomic E-state index is 11.5. The molecule has 1 N–H and O–H groups in total. The summed E-state index contributed by atoms with van der Waals surface area (Å²) in [7, 11) is 0. The maximum Gasteiger partial charge on any atom is 0.358 e. The van der Waals surface area contributed by atoms with E-state index in [4.69, 9.17) is 0 Å². The Bertz CT molecular complexity index is 868. The molecule has 23 heavy (non-hydrogen) atoms. The van der Waals surface area contributed by atoms with Crippen molar-refractivity contribution >= 4 is 5.97 Å². The highest BCUT2D eigenvalue weighted by Gasteiger charge is 2.21. The van der Waals surface area contributed by atoms with Gasteiger partial charge in [0.1, 0.15) is 5.69 Å². The second kappa shape index (κ2) is 6.04. The van der Waals surface area contributed by atoms with Crippen molar-refractivity contribution in [3.8, 4) is 11.3 Å². The summed E-state index contributed by atoms with van der Waals surface area (Å²) in [6, 6.07) is 15.7. The smallest absolute Gasteiger partial charge is 0.358 e. The molecule has 116 valence electrons. The molecule has 0 radical (unpaired) electrons. The molecule has 0 spiro atoms. The van der Waals surface area contributed by atoms with E-state index in [2.05, 4.69) is 10.3 Å². The number of hydrogen-bond donors (Lipinski definition) is 1. The van der Waals surface area contributed by atoms with Crippen molar-refractivity contribution in [1.29, 1.82) is 0 Å². The summed E-state index contributed by atoms with van der Waals surface area (Å²) in [5.74, 6) is -1.07. The second-order valence-electron chi connectivity index (χ2n) is 5.55. The number of aryl methyl sites for hydroxylation is 2. The van der Waals surface area contributed by atoms with Gasteiger partial charge in [0.2, 0.25) is 0 Å². The summed E-state index contributed by atoms with van der Waals surface area (Å²) in [6.07, 6.45) is 0. The molecule has 2 aromatic carbocycles. The molecule has 0 unspecified atom stereocenters. The zero-order valence-corrected chi connectivity index (χ0v) is 13.0. The van der Waals surface area contributed by atoms with Crippen LogP contribution in [-0.2, 0) is 6.54 Å². The highest BCUT2D eigenvalue weighted by Crippen LogP contribution is 2.24. The van der Waals surface area contributed by atoms with Gasteiger partial charge in [0.05, 0.1) is 6.54 Å². The SMILES string of the molecule is Cc1cccc(-c2c(C(=O)O)nnn2Cc2ccccc2C)c1. The predicted molar refractivity (Wildman–Crippen MR) is 87.4 cm³/mol. The van der Waals surface area contributed by atoms with Crippen molar-refractivity contribution in [3.05, 3.63) is 70.9 Å². The fourth-order valence-corrected chi connectivity index (χ4v) is 2.59. The van der Waals surface area contributed by atoms with Crippen molar-refractivity contribution in [3.63, 3.8) is 0 Å². The van der Waals surface area contributed by atoms with Gasteiger partial charge >= 0.3 is 5.97 Å². The van der Waals surface area contributed by atoms with Crippen molar-refractivity contribution in [2.45, 2.75) is 20.4 Å². The zero-order chi connectivity index (χ0) is 16.4. The second-order valence-corrected chi connectivity index (χ2v) is 5.55. The van der Waals surface area contributed by atoms with Gasteiger partial charge in [0.15, 0.2) is 5.69 Å². The third-order valence-corrected chi connectivity index (χ3v) is 3.81. The van der Waals surface area contributed by atoms with E-state index in [9.17, 15) is 9.90 Å². The molecule has 5 heteroatoms. The van der Waals surface area contributed by atoms with Gasteiger partial charge in [-0.15, -0.1) is 5.10 Å². The Morgan fingerprint density at radius 3 is 2.61 bits per heavy atom. The van der Waals surface area contributed by atoms with Gasteiger partial charge in [-0.1, -0.05) is 53.2 Å². The number of carbonyl (C=O) groups is 1. The molecule has 0 aliphatic heterocycles. The van der Waals surface area contributed by atoms with E-state index in [1.807, 2.05) is 62.4 Å². The first-order chi connectivity index (χ1) is 11.1. The molecule has 5 nitrogen and oxygen atoms in total. The van der Waals surface area contributed by atoms with E-state index >= 15 is 0 Å². The van der Waals surface area contributed by atoms with Gasteiger partial charge < -0.3 is 5.11 Å². The van der Waals surface area contributed by atoms with Crippen LogP contribution in [0.3, 0.4) is 0 Å². The lowest BCUT2D eigenvalue weighted by molar-refractivity contribution is 0.0691. The van der Waals surface area contributed by atoms with Crippen LogP contribution in [0.2, 0.25) is 0 Å². The molecule has 0 fully saturated rings. The van der Waals surface area contributed by atoms with Gasteiger partial charge in [0.25, 0.3) is 0 Å². The lowest BCUT2D eigenvalue weighted by atomic mass is 10.1. The Morgan fingerprint density at radius 1 is 1.13 bits per heavy atom. The molecule has 0 bridgehead atoms. The van der Waals surface area contributed by atoms with Crippen LogP contribution in [0.15, 0.2) is 48.5 Å². The summed E-state index contributed by atoms with van der Waals surface area (Å²) in [4.78, 5) is 11.5. The molecule has 0 atom stereocenters. The quantitative estimate of drug-likeness (QED) is 0.803. The van der Waals surface area contributed by atoms with Crippen LogP contribution >= 0.6 is 0 Å². The lowest BCUT2D eigenvalue weighted by Crippen LogP contribution is -2.07. The molecular weight excluding hydrogens is 290 g/mol. The Kier molecular flexibility index (Phi) is 3.93. The summed E-state index contributed by atoms with van der Waals surface area (Å²) >= 11 is 0. The number of carboxylic acids is 1. The number of aromatic nitrogens is 3. The van der Waals surface area contributed by atoms with Crippen LogP contribution in [-0.4, -0.2) is 26.1 Å². The van der Waals surface area contributed by atoms with Crippen LogP contribution < -0.4 is 0 Å². The average molecular weight is 307 g/mol. The van der Waals surface area contributed by atoms with E-state index in [1.54, 1.807) is 4.68 Å². The van der Waals surface area contributed by atoms with Crippen LogP contribution in [0.1, 0.15) is 27.2 Å². The topological polar surface area (TPSA) is 68.0 Å². The minimum Gasteiger partial charge on any atom is -0.476 e. The van der Waals surface area contributed by atoms with Crippen LogP contribution in [0.25, 0.3) is 11.3 Å². The van der Waals surface area contributed by atoms with Crippen LogP contribution in [0.5, 0.6) is 0 Å². The van der Waals surface area contributed by atoms with E-state index in [1.165, 1.54) is 0 Å². The van der Waals surface area contributed by atoms with Gasteiger partial charge in [-0.3, -0.25) is 0 Å². The normalized spacial score (nSPS) is 10.7. The molecule has 0 amide bonds. The van der Waals surface area contributed by atoms with Gasteiger partial charge in [0, 0.05) is 5.56 Å². The molecule has 0 saturated carbocycles. The van der Waals surface area contributed by atoms with Crippen LogP contribution in [0.4, 0.5) is 0 Å². The lowest BCUT2D eigenvalue weighted by Gasteiger charge is -2.10. The first-order valence-electron chi connectivity index (χ1n) is 7.34. The van der Waals surface area contributed by atoms with E-state index in [0.29, 0.717) is 12.2 Å². The minimum absolute atomic E-state index is 0.0239. The van der Waals surface area contributed by atoms with Crippen molar-refractivity contribution in [2.75, 3.05) is 0 Å². The Morgan fingerprint density at radius 2 is 1.91 bits per heavy atom. The van der Waals surface area contributed by atoms with Gasteiger partial charge in [-0.2, -0.15) is 0 Å². The molecular formula is C18H17N3O2. The molecule has 3 rings (SSSR count). The average Bonchev–Trinajstić information content (AvgIpc) is 2.93. The summed E-state index contributed by atoms with van der Waals surface area (Å²) in [6.45, 7) is 4.48. The summed E-state index contributed by atoms with van der Waals surface area (Å²) < 4.78 is 1.65. The zero-order valence-electron chi connectivity index (χ0n) is 13.0.